The average molecular weight is 494 g/mol. The summed E-state index contributed by atoms with van der Waals surface area (Å²) in [5.74, 6) is -1.15. The zero-order valence-corrected chi connectivity index (χ0v) is 20.3. The highest BCUT2D eigenvalue weighted by Gasteiger charge is 2.18. The van der Waals surface area contributed by atoms with Crippen LogP contribution in [0.2, 0.25) is 0 Å². The minimum atomic E-state index is -0.624. The highest BCUT2D eigenvalue weighted by Crippen LogP contribution is 2.20. The molecule has 0 radical (unpaired) electrons. The molecule has 12 heteroatoms. The number of esters is 1. The maximum Gasteiger partial charge on any atom is 0.407 e. The number of ether oxygens (including phenoxy) is 2. The molecule has 2 amide bonds. The van der Waals surface area contributed by atoms with Crippen molar-refractivity contribution < 1.29 is 28.2 Å². The lowest BCUT2D eigenvalue weighted by atomic mass is 10.2. The van der Waals surface area contributed by atoms with Gasteiger partial charge in [-0.2, -0.15) is 0 Å². The van der Waals surface area contributed by atoms with Crippen molar-refractivity contribution in [3.63, 3.8) is 0 Å². The summed E-state index contributed by atoms with van der Waals surface area (Å²) in [6, 6.07) is 5.30. The fourth-order valence-corrected chi connectivity index (χ4v) is 3.07. The standard InChI is InChI=1S/C22H28FN5O5S/c1-5-32-17(29)13-34-20-26-12-16(19(30)27-15-8-6-14(23)7-9-15)18(28-20)24-10-11-25-21(31)33-22(2,3)4/h6-9,12H,5,10-11,13H2,1-4H3,(H,25,31)(H,27,30)(H,24,26,28). The van der Waals surface area contributed by atoms with Crippen molar-refractivity contribution in [3.05, 3.63) is 41.8 Å². The zero-order chi connectivity index (χ0) is 25.1. The number of hydrogen-bond donors (Lipinski definition) is 3. The Kier molecular flexibility index (Phi) is 10.0. The molecule has 1 aromatic heterocycles. The first-order valence-electron chi connectivity index (χ1n) is 10.5. The highest BCUT2D eigenvalue weighted by atomic mass is 32.2. The van der Waals surface area contributed by atoms with Gasteiger partial charge in [0.15, 0.2) is 5.16 Å². The van der Waals surface area contributed by atoms with E-state index in [1.165, 1.54) is 30.5 Å². The minimum Gasteiger partial charge on any atom is -0.465 e. The van der Waals surface area contributed by atoms with Gasteiger partial charge < -0.3 is 25.4 Å². The normalized spacial score (nSPS) is 10.9. The summed E-state index contributed by atoms with van der Waals surface area (Å²) >= 11 is 1.06. The van der Waals surface area contributed by atoms with E-state index < -0.39 is 29.4 Å². The second-order valence-corrected chi connectivity index (χ2v) is 8.77. The molecule has 0 unspecified atom stereocenters. The summed E-state index contributed by atoms with van der Waals surface area (Å²) in [5, 5.41) is 8.50. The Hall–Kier alpha value is -3.41. The van der Waals surface area contributed by atoms with Crippen molar-refractivity contribution in [1.82, 2.24) is 15.3 Å². The van der Waals surface area contributed by atoms with E-state index in [9.17, 15) is 18.8 Å². The first-order chi connectivity index (χ1) is 16.1. The fourth-order valence-electron chi connectivity index (χ4n) is 2.45. The van der Waals surface area contributed by atoms with Gasteiger partial charge in [-0.05, 0) is 52.0 Å². The molecule has 10 nitrogen and oxygen atoms in total. The van der Waals surface area contributed by atoms with Crippen LogP contribution < -0.4 is 16.0 Å². The molecule has 0 atom stereocenters. The van der Waals surface area contributed by atoms with Gasteiger partial charge in [0.25, 0.3) is 5.91 Å². The number of aromatic nitrogens is 2. The lowest BCUT2D eigenvalue weighted by Crippen LogP contribution is -2.35. The predicted molar refractivity (Wildman–Crippen MR) is 126 cm³/mol. The molecular formula is C22H28FN5O5S. The van der Waals surface area contributed by atoms with Crippen LogP contribution in [0.15, 0.2) is 35.6 Å². The molecule has 0 aliphatic carbocycles. The highest BCUT2D eigenvalue weighted by molar-refractivity contribution is 7.99. The number of amides is 2. The average Bonchev–Trinajstić information content (AvgIpc) is 2.76. The molecule has 1 aromatic carbocycles. The van der Waals surface area contributed by atoms with E-state index in [-0.39, 0.29) is 42.0 Å². The van der Waals surface area contributed by atoms with Crippen molar-refractivity contribution in [3.8, 4) is 0 Å². The fraction of sp³-hybridized carbons (Fsp3) is 0.409. The van der Waals surface area contributed by atoms with Crippen LogP contribution in [0.3, 0.4) is 0 Å². The summed E-state index contributed by atoms with van der Waals surface area (Å²) in [7, 11) is 0. The molecule has 2 rings (SSSR count). The van der Waals surface area contributed by atoms with Gasteiger partial charge in [0, 0.05) is 25.0 Å². The summed E-state index contributed by atoms with van der Waals surface area (Å²) in [5.41, 5.74) is -0.104. The Balaban J connectivity index is 2.09. The van der Waals surface area contributed by atoms with E-state index in [4.69, 9.17) is 9.47 Å². The minimum absolute atomic E-state index is 0.00853. The molecule has 0 saturated heterocycles. The molecule has 0 bridgehead atoms. The first kappa shape index (κ1) is 26.8. The quantitative estimate of drug-likeness (QED) is 0.197. The molecule has 0 aliphatic rings. The lowest BCUT2D eigenvalue weighted by molar-refractivity contribution is -0.139. The van der Waals surface area contributed by atoms with E-state index >= 15 is 0 Å². The predicted octanol–water partition coefficient (Wildman–Crippen LogP) is 3.46. The van der Waals surface area contributed by atoms with Crippen LogP contribution in [-0.2, 0) is 14.3 Å². The Bertz CT molecular complexity index is 998. The Morgan fingerprint density at radius 1 is 1.12 bits per heavy atom. The summed E-state index contributed by atoms with van der Waals surface area (Å²) in [4.78, 5) is 44.7. The third-order valence-electron chi connectivity index (χ3n) is 3.82. The molecule has 184 valence electrons. The molecule has 1 heterocycles. The van der Waals surface area contributed by atoms with Gasteiger partial charge in [-0.15, -0.1) is 0 Å². The van der Waals surface area contributed by atoms with Crippen LogP contribution in [0.1, 0.15) is 38.1 Å². The van der Waals surface area contributed by atoms with Crippen molar-refractivity contribution in [2.75, 3.05) is 36.1 Å². The number of thioether (sulfide) groups is 1. The van der Waals surface area contributed by atoms with Crippen LogP contribution in [0, 0.1) is 5.82 Å². The maximum atomic E-state index is 13.1. The molecule has 0 saturated carbocycles. The molecule has 0 aliphatic heterocycles. The monoisotopic (exact) mass is 493 g/mol. The van der Waals surface area contributed by atoms with Gasteiger partial charge in [0.05, 0.1) is 12.4 Å². The maximum absolute atomic E-state index is 13.1. The van der Waals surface area contributed by atoms with E-state index in [0.29, 0.717) is 5.69 Å². The van der Waals surface area contributed by atoms with Crippen molar-refractivity contribution in [2.45, 2.75) is 38.5 Å². The Morgan fingerprint density at radius 2 is 1.82 bits per heavy atom. The summed E-state index contributed by atoms with van der Waals surface area (Å²) in [6.45, 7) is 7.67. The summed E-state index contributed by atoms with van der Waals surface area (Å²) < 4.78 is 23.2. The van der Waals surface area contributed by atoms with Crippen LogP contribution in [0.25, 0.3) is 0 Å². The van der Waals surface area contributed by atoms with Gasteiger partial charge in [-0.3, -0.25) is 9.59 Å². The second kappa shape index (κ2) is 12.7. The SMILES string of the molecule is CCOC(=O)CSc1ncc(C(=O)Nc2ccc(F)cc2)c(NCCNC(=O)OC(C)(C)C)n1. The topological polar surface area (TPSA) is 132 Å². The zero-order valence-electron chi connectivity index (χ0n) is 19.4. The largest absolute Gasteiger partial charge is 0.465 e. The van der Waals surface area contributed by atoms with E-state index in [0.717, 1.165) is 11.8 Å². The second-order valence-electron chi connectivity index (χ2n) is 7.83. The lowest BCUT2D eigenvalue weighted by Gasteiger charge is -2.19. The number of carbonyl (C=O) groups excluding carboxylic acids is 3. The number of halogens is 1. The third-order valence-corrected chi connectivity index (χ3v) is 4.66. The number of anilines is 2. The van der Waals surface area contributed by atoms with Crippen molar-refractivity contribution in [1.29, 1.82) is 0 Å². The number of alkyl carbamates (subject to hydrolysis) is 1. The number of benzene rings is 1. The van der Waals surface area contributed by atoms with Crippen LogP contribution in [0.5, 0.6) is 0 Å². The smallest absolute Gasteiger partial charge is 0.407 e. The Labute approximate surface area is 201 Å². The van der Waals surface area contributed by atoms with E-state index in [1.807, 2.05) is 0 Å². The van der Waals surface area contributed by atoms with Gasteiger partial charge in [-0.25, -0.2) is 19.2 Å². The van der Waals surface area contributed by atoms with Crippen molar-refractivity contribution >= 4 is 41.2 Å². The molecule has 3 N–H and O–H groups in total. The molecule has 0 fully saturated rings. The number of nitrogens with one attached hydrogen (secondary N) is 3. The molecule has 2 aromatic rings. The number of carbonyl (C=O) groups is 3. The molecule has 34 heavy (non-hydrogen) atoms. The van der Waals surface area contributed by atoms with E-state index in [1.54, 1.807) is 27.7 Å². The van der Waals surface area contributed by atoms with Crippen LogP contribution >= 0.6 is 11.8 Å². The van der Waals surface area contributed by atoms with E-state index in [2.05, 4.69) is 25.9 Å². The Morgan fingerprint density at radius 3 is 2.47 bits per heavy atom. The van der Waals surface area contributed by atoms with Gasteiger partial charge in [-0.1, -0.05) is 11.8 Å². The third kappa shape index (κ3) is 9.61. The van der Waals surface area contributed by atoms with Gasteiger partial charge in [0.2, 0.25) is 0 Å². The number of rotatable bonds is 10. The number of nitrogens with zero attached hydrogens (tertiary/aromatic N) is 2. The van der Waals surface area contributed by atoms with Crippen molar-refractivity contribution in [2.24, 2.45) is 0 Å². The number of hydrogen-bond acceptors (Lipinski definition) is 9. The summed E-state index contributed by atoms with van der Waals surface area (Å²) in [6.07, 6.45) is 0.750. The van der Waals surface area contributed by atoms with Gasteiger partial charge >= 0.3 is 12.1 Å². The molecular weight excluding hydrogens is 465 g/mol. The van der Waals surface area contributed by atoms with Gasteiger partial charge in [0.1, 0.15) is 22.8 Å². The molecule has 0 spiro atoms. The first-order valence-corrected chi connectivity index (χ1v) is 11.5. The van der Waals surface area contributed by atoms with Crippen LogP contribution in [-0.4, -0.2) is 59.0 Å². The van der Waals surface area contributed by atoms with Crippen LogP contribution in [0.4, 0.5) is 20.7 Å².